The summed E-state index contributed by atoms with van der Waals surface area (Å²) in [7, 11) is 0. The lowest BCUT2D eigenvalue weighted by atomic mass is 9.89. The molecular weight excluding hydrogens is 292 g/mol. The van der Waals surface area contributed by atoms with E-state index in [-0.39, 0.29) is 0 Å². The van der Waals surface area contributed by atoms with E-state index >= 15 is 0 Å². The van der Waals surface area contributed by atoms with E-state index in [1.165, 1.54) is 48.8 Å². The molecule has 3 aromatic rings. The van der Waals surface area contributed by atoms with Crippen LogP contribution in [-0.4, -0.2) is 9.78 Å². The number of hydrogen-bond donors (Lipinski definition) is 0. The molecule has 4 rings (SSSR count). The molecule has 0 spiro atoms. The summed E-state index contributed by atoms with van der Waals surface area (Å²) < 4.78 is 2.18. The summed E-state index contributed by atoms with van der Waals surface area (Å²) in [6, 6.07) is 21.2. The summed E-state index contributed by atoms with van der Waals surface area (Å²) in [4.78, 5) is 0. The molecule has 24 heavy (non-hydrogen) atoms. The van der Waals surface area contributed by atoms with Crippen molar-refractivity contribution in [2.24, 2.45) is 5.92 Å². The molecule has 1 aliphatic rings. The van der Waals surface area contributed by atoms with Gasteiger partial charge in [0.15, 0.2) is 0 Å². The van der Waals surface area contributed by atoms with Gasteiger partial charge < -0.3 is 0 Å². The van der Waals surface area contributed by atoms with E-state index < -0.39 is 0 Å². The first-order valence-corrected chi connectivity index (χ1v) is 9.08. The van der Waals surface area contributed by atoms with Gasteiger partial charge >= 0.3 is 0 Å². The molecule has 1 aromatic heterocycles. The van der Waals surface area contributed by atoms with Crippen molar-refractivity contribution in [3.8, 4) is 22.4 Å². The number of rotatable bonds is 4. The molecule has 0 N–H and O–H groups in total. The highest BCUT2D eigenvalue weighted by Crippen LogP contribution is 2.32. The van der Waals surface area contributed by atoms with Gasteiger partial charge in [0.05, 0.1) is 0 Å². The zero-order valence-electron chi connectivity index (χ0n) is 14.1. The first-order valence-electron chi connectivity index (χ1n) is 9.08. The van der Waals surface area contributed by atoms with E-state index in [0.29, 0.717) is 0 Å². The Morgan fingerprint density at radius 1 is 0.792 bits per heavy atom. The molecule has 0 unspecified atom stereocenters. The smallest absolute Gasteiger partial charge is 0.100 e. The zero-order chi connectivity index (χ0) is 16.2. The lowest BCUT2D eigenvalue weighted by Gasteiger charge is -2.21. The normalized spacial score (nSPS) is 15.5. The van der Waals surface area contributed by atoms with Gasteiger partial charge in [0.1, 0.15) is 5.69 Å². The molecule has 2 aromatic carbocycles. The van der Waals surface area contributed by atoms with Gasteiger partial charge in [-0.15, -0.1) is 0 Å². The van der Waals surface area contributed by atoms with Gasteiger partial charge in [-0.1, -0.05) is 79.9 Å². The van der Waals surface area contributed by atoms with Gasteiger partial charge in [0.25, 0.3) is 0 Å². The molecule has 122 valence electrons. The molecule has 0 saturated heterocycles. The third-order valence-corrected chi connectivity index (χ3v) is 5.06. The Balaban J connectivity index is 1.70. The molecule has 0 amide bonds. The van der Waals surface area contributed by atoms with Crippen molar-refractivity contribution in [3.63, 3.8) is 0 Å². The molecule has 1 saturated carbocycles. The van der Waals surface area contributed by atoms with E-state index in [2.05, 4.69) is 71.5 Å². The van der Waals surface area contributed by atoms with Crippen LogP contribution in [0, 0.1) is 5.92 Å². The van der Waals surface area contributed by atoms with Crippen LogP contribution in [0.3, 0.4) is 0 Å². The maximum atomic E-state index is 4.97. The first kappa shape index (κ1) is 15.2. The fourth-order valence-corrected chi connectivity index (χ4v) is 3.79. The summed E-state index contributed by atoms with van der Waals surface area (Å²) in [6.45, 7) is 1.05. The molecule has 0 radical (unpaired) electrons. The van der Waals surface area contributed by atoms with Crippen molar-refractivity contribution in [1.82, 2.24) is 9.78 Å². The van der Waals surface area contributed by atoms with E-state index in [1.807, 2.05) is 0 Å². The standard InChI is InChI=1S/C22H24N2/c1-4-10-18(11-5-1)16-24-17-21(19-12-6-2-7-13-19)22(23-24)20-14-8-3-9-15-20/h2-3,6-9,12-15,17-18H,1,4-5,10-11,16H2. The molecule has 0 atom stereocenters. The van der Waals surface area contributed by atoms with E-state index in [0.717, 1.165) is 18.2 Å². The number of nitrogens with zero attached hydrogens (tertiary/aromatic N) is 2. The minimum atomic E-state index is 0.783. The third kappa shape index (κ3) is 3.28. The predicted octanol–water partition coefficient (Wildman–Crippen LogP) is 5.80. The van der Waals surface area contributed by atoms with Crippen LogP contribution in [0.4, 0.5) is 0 Å². The number of hydrogen-bond acceptors (Lipinski definition) is 1. The van der Waals surface area contributed by atoms with Crippen LogP contribution in [0.15, 0.2) is 66.9 Å². The average Bonchev–Trinajstić information content (AvgIpc) is 3.08. The lowest BCUT2D eigenvalue weighted by Crippen LogP contribution is -2.14. The Labute approximate surface area is 144 Å². The van der Waals surface area contributed by atoms with Crippen molar-refractivity contribution in [2.75, 3.05) is 0 Å². The van der Waals surface area contributed by atoms with Crippen LogP contribution in [0.1, 0.15) is 32.1 Å². The quantitative estimate of drug-likeness (QED) is 0.595. The molecule has 1 heterocycles. The van der Waals surface area contributed by atoms with E-state index in [1.54, 1.807) is 0 Å². The summed E-state index contributed by atoms with van der Waals surface area (Å²) in [5.41, 5.74) is 4.76. The minimum Gasteiger partial charge on any atom is -0.271 e. The number of aromatic nitrogens is 2. The highest BCUT2D eigenvalue weighted by molar-refractivity contribution is 5.80. The highest BCUT2D eigenvalue weighted by Gasteiger charge is 2.17. The SMILES string of the molecule is c1ccc(-c2cn(CC3CCCCC3)nc2-c2ccccc2)cc1. The second kappa shape index (κ2) is 7.04. The van der Waals surface area contributed by atoms with Crippen LogP contribution in [0.2, 0.25) is 0 Å². The average molecular weight is 316 g/mol. The fraction of sp³-hybridized carbons (Fsp3) is 0.318. The fourth-order valence-electron chi connectivity index (χ4n) is 3.79. The second-order valence-electron chi connectivity index (χ2n) is 6.85. The Bertz CT molecular complexity index is 711. The molecule has 2 nitrogen and oxygen atoms in total. The summed E-state index contributed by atoms with van der Waals surface area (Å²) in [5, 5.41) is 4.97. The van der Waals surface area contributed by atoms with Crippen LogP contribution in [-0.2, 0) is 6.54 Å². The molecule has 1 aliphatic carbocycles. The van der Waals surface area contributed by atoms with Crippen LogP contribution < -0.4 is 0 Å². The monoisotopic (exact) mass is 316 g/mol. The van der Waals surface area contributed by atoms with Gasteiger partial charge in [-0.25, -0.2) is 0 Å². The Morgan fingerprint density at radius 3 is 2.08 bits per heavy atom. The van der Waals surface area contributed by atoms with Crippen molar-refractivity contribution < 1.29 is 0 Å². The van der Waals surface area contributed by atoms with E-state index in [4.69, 9.17) is 5.10 Å². The Morgan fingerprint density at radius 2 is 1.42 bits per heavy atom. The summed E-state index contributed by atoms with van der Waals surface area (Å²) in [6.07, 6.45) is 9.10. The summed E-state index contributed by atoms with van der Waals surface area (Å²) >= 11 is 0. The topological polar surface area (TPSA) is 17.8 Å². The van der Waals surface area contributed by atoms with Gasteiger partial charge in [0, 0.05) is 23.9 Å². The van der Waals surface area contributed by atoms with Crippen molar-refractivity contribution >= 4 is 0 Å². The van der Waals surface area contributed by atoms with Gasteiger partial charge in [-0.2, -0.15) is 5.10 Å². The molecular formula is C22H24N2. The largest absolute Gasteiger partial charge is 0.271 e. The maximum absolute atomic E-state index is 4.97. The van der Waals surface area contributed by atoms with Gasteiger partial charge in [-0.05, 0) is 24.3 Å². The predicted molar refractivity (Wildman–Crippen MR) is 99.7 cm³/mol. The molecule has 0 aliphatic heterocycles. The lowest BCUT2D eigenvalue weighted by molar-refractivity contribution is 0.308. The van der Waals surface area contributed by atoms with Crippen LogP contribution in [0.5, 0.6) is 0 Å². The van der Waals surface area contributed by atoms with E-state index in [9.17, 15) is 0 Å². The van der Waals surface area contributed by atoms with Crippen molar-refractivity contribution in [3.05, 3.63) is 66.9 Å². The zero-order valence-corrected chi connectivity index (χ0v) is 14.1. The number of benzene rings is 2. The third-order valence-electron chi connectivity index (χ3n) is 5.06. The minimum absolute atomic E-state index is 0.783. The first-order chi connectivity index (χ1) is 11.9. The highest BCUT2D eigenvalue weighted by atomic mass is 15.3. The second-order valence-corrected chi connectivity index (χ2v) is 6.85. The Kier molecular flexibility index (Phi) is 4.46. The maximum Gasteiger partial charge on any atom is 0.100 e. The Hall–Kier alpha value is -2.35. The summed E-state index contributed by atoms with van der Waals surface area (Å²) in [5.74, 6) is 0.783. The van der Waals surface area contributed by atoms with Gasteiger partial charge in [-0.3, -0.25) is 4.68 Å². The molecule has 0 bridgehead atoms. The molecule has 1 fully saturated rings. The van der Waals surface area contributed by atoms with Crippen molar-refractivity contribution in [1.29, 1.82) is 0 Å². The van der Waals surface area contributed by atoms with Crippen molar-refractivity contribution in [2.45, 2.75) is 38.6 Å². The van der Waals surface area contributed by atoms with Crippen LogP contribution >= 0.6 is 0 Å². The van der Waals surface area contributed by atoms with Gasteiger partial charge in [0.2, 0.25) is 0 Å². The molecule has 2 heteroatoms. The van der Waals surface area contributed by atoms with Crippen LogP contribution in [0.25, 0.3) is 22.4 Å².